The molecular formula is C18H24N4O. The maximum atomic E-state index is 12.2. The number of piperidine rings is 1. The molecule has 1 aliphatic heterocycles. The molecule has 5 heteroatoms. The Bertz CT molecular complexity index is 631. The molecular weight excluding hydrogens is 288 g/mol. The Morgan fingerprint density at radius 3 is 3.00 bits per heavy atom. The predicted molar refractivity (Wildman–Crippen MR) is 91.6 cm³/mol. The van der Waals surface area contributed by atoms with Gasteiger partial charge in [0.1, 0.15) is 0 Å². The standard InChI is InChI=1S/C18H24N4O/c1-14(15-6-5-9-19-11-15)10-18(23)21-16-12-20-22(13-16)17-7-3-2-4-8-17/h2-4,7-8,12-15,19H,5-6,9-11H2,1H3,(H,21,23). The normalized spacial score (nSPS) is 19.3. The first-order valence-electron chi connectivity index (χ1n) is 8.33. The number of hydrogen-bond donors (Lipinski definition) is 2. The molecule has 0 saturated carbocycles. The molecule has 2 unspecified atom stereocenters. The summed E-state index contributed by atoms with van der Waals surface area (Å²) >= 11 is 0. The van der Waals surface area contributed by atoms with Crippen molar-refractivity contribution in [1.29, 1.82) is 0 Å². The van der Waals surface area contributed by atoms with Crippen LogP contribution in [0.1, 0.15) is 26.2 Å². The molecule has 2 aromatic rings. The molecule has 122 valence electrons. The van der Waals surface area contributed by atoms with Crippen molar-refractivity contribution >= 4 is 11.6 Å². The van der Waals surface area contributed by atoms with E-state index in [1.165, 1.54) is 12.8 Å². The Morgan fingerprint density at radius 1 is 1.43 bits per heavy atom. The molecule has 1 amide bonds. The lowest BCUT2D eigenvalue weighted by Crippen LogP contribution is -2.34. The second kappa shape index (κ2) is 7.42. The van der Waals surface area contributed by atoms with Gasteiger partial charge in [-0.25, -0.2) is 4.68 Å². The van der Waals surface area contributed by atoms with Crippen molar-refractivity contribution in [2.24, 2.45) is 11.8 Å². The van der Waals surface area contributed by atoms with Crippen LogP contribution in [0.4, 0.5) is 5.69 Å². The zero-order valence-electron chi connectivity index (χ0n) is 13.5. The molecule has 0 spiro atoms. The first-order valence-corrected chi connectivity index (χ1v) is 8.33. The van der Waals surface area contributed by atoms with Crippen molar-refractivity contribution in [2.75, 3.05) is 18.4 Å². The maximum absolute atomic E-state index is 12.2. The van der Waals surface area contributed by atoms with E-state index in [1.54, 1.807) is 10.9 Å². The van der Waals surface area contributed by atoms with E-state index in [-0.39, 0.29) is 5.91 Å². The fraction of sp³-hybridized carbons (Fsp3) is 0.444. The van der Waals surface area contributed by atoms with Crippen LogP contribution in [0.15, 0.2) is 42.7 Å². The number of para-hydroxylation sites is 1. The van der Waals surface area contributed by atoms with Gasteiger partial charge < -0.3 is 10.6 Å². The highest BCUT2D eigenvalue weighted by Crippen LogP contribution is 2.23. The van der Waals surface area contributed by atoms with E-state index in [2.05, 4.69) is 22.7 Å². The molecule has 1 fully saturated rings. The molecule has 1 saturated heterocycles. The summed E-state index contributed by atoms with van der Waals surface area (Å²) in [5, 5.41) is 10.7. The first-order chi connectivity index (χ1) is 11.2. The van der Waals surface area contributed by atoms with Gasteiger partial charge in [0.05, 0.1) is 23.8 Å². The lowest BCUT2D eigenvalue weighted by molar-refractivity contribution is -0.117. The summed E-state index contributed by atoms with van der Waals surface area (Å²) in [6.07, 6.45) is 6.52. The molecule has 0 bridgehead atoms. The minimum atomic E-state index is 0.0654. The van der Waals surface area contributed by atoms with E-state index in [0.717, 1.165) is 24.5 Å². The van der Waals surface area contributed by atoms with Crippen LogP contribution in [0.25, 0.3) is 5.69 Å². The van der Waals surface area contributed by atoms with Crippen molar-refractivity contribution < 1.29 is 4.79 Å². The molecule has 23 heavy (non-hydrogen) atoms. The highest BCUT2D eigenvalue weighted by molar-refractivity contribution is 5.90. The summed E-state index contributed by atoms with van der Waals surface area (Å²) < 4.78 is 1.77. The SMILES string of the molecule is CC(CC(=O)Nc1cnn(-c2ccccc2)c1)C1CCCNC1. The zero-order chi connectivity index (χ0) is 16.1. The number of aromatic nitrogens is 2. The topological polar surface area (TPSA) is 59.0 Å². The highest BCUT2D eigenvalue weighted by Gasteiger charge is 2.22. The van der Waals surface area contributed by atoms with Gasteiger partial charge in [0.25, 0.3) is 0 Å². The third-order valence-corrected chi connectivity index (χ3v) is 4.53. The smallest absolute Gasteiger partial charge is 0.224 e. The average molecular weight is 312 g/mol. The number of anilines is 1. The number of amides is 1. The summed E-state index contributed by atoms with van der Waals surface area (Å²) in [5.74, 6) is 1.06. The van der Waals surface area contributed by atoms with E-state index in [1.807, 2.05) is 36.5 Å². The highest BCUT2D eigenvalue weighted by atomic mass is 16.1. The number of benzene rings is 1. The van der Waals surface area contributed by atoms with Gasteiger partial charge in [0, 0.05) is 6.42 Å². The summed E-state index contributed by atoms with van der Waals surface area (Å²) in [7, 11) is 0. The van der Waals surface area contributed by atoms with E-state index < -0.39 is 0 Å². The molecule has 2 atom stereocenters. The molecule has 3 rings (SSSR count). The zero-order valence-corrected chi connectivity index (χ0v) is 13.5. The molecule has 5 nitrogen and oxygen atoms in total. The van der Waals surface area contributed by atoms with Gasteiger partial charge in [0.2, 0.25) is 5.91 Å². The van der Waals surface area contributed by atoms with Gasteiger partial charge in [-0.3, -0.25) is 4.79 Å². The molecule has 2 N–H and O–H groups in total. The molecule has 0 aliphatic carbocycles. The van der Waals surface area contributed by atoms with Gasteiger partial charge in [0.15, 0.2) is 0 Å². The van der Waals surface area contributed by atoms with Crippen molar-refractivity contribution in [3.63, 3.8) is 0 Å². The summed E-state index contributed by atoms with van der Waals surface area (Å²) in [4.78, 5) is 12.2. The largest absolute Gasteiger partial charge is 0.323 e. The number of rotatable bonds is 5. The van der Waals surface area contributed by atoms with Gasteiger partial charge in [-0.2, -0.15) is 5.10 Å². The van der Waals surface area contributed by atoms with Crippen LogP contribution >= 0.6 is 0 Å². The van der Waals surface area contributed by atoms with Crippen molar-refractivity contribution in [1.82, 2.24) is 15.1 Å². The van der Waals surface area contributed by atoms with E-state index >= 15 is 0 Å². The second-order valence-corrected chi connectivity index (χ2v) is 6.35. The first kappa shape index (κ1) is 15.7. The quantitative estimate of drug-likeness (QED) is 0.892. The van der Waals surface area contributed by atoms with Crippen molar-refractivity contribution in [2.45, 2.75) is 26.2 Å². The fourth-order valence-electron chi connectivity index (χ4n) is 3.14. The van der Waals surface area contributed by atoms with Gasteiger partial charge in [-0.1, -0.05) is 25.1 Å². The van der Waals surface area contributed by atoms with Crippen LogP contribution in [0.5, 0.6) is 0 Å². The predicted octanol–water partition coefficient (Wildman–Crippen LogP) is 2.84. The van der Waals surface area contributed by atoms with Gasteiger partial charge in [-0.15, -0.1) is 0 Å². The molecule has 1 aliphatic rings. The number of nitrogens with zero attached hydrogens (tertiary/aromatic N) is 2. The minimum absolute atomic E-state index is 0.0654. The number of nitrogens with one attached hydrogen (secondary N) is 2. The third-order valence-electron chi connectivity index (χ3n) is 4.53. The van der Waals surface area contributed by atoms with Crippen LogP contribution in [0.2, 0.25) is 0 Å². The van der Waals surface area contributed by atoms with Crippen molar-refractivity contribution in [3.05, 3.63) is 42.7 Å². The Hall–Kier alpha value is -2.14. The van der Waals surface area contributed by atoms with Crippen LogP contribution in [0.3, 0.4) is 0 Å². The number of carbonyl (C=O) groups is 1. The lowest BCUT2D eigenvalue weighted by Gasteiger charge is -2.27. The van der Waals surface area contributed by atoms with Crippen LogP contribution in [-0.2, 0) is 4.79 Å². The van der Waals surface area contributed by atoms with Crippen LogP contribution in [-0.4, -0.2) is 28.8 Å². The van der Waals surface area contributed by atoms with E-state index in [4.69, 9.17) is 0 Å². The lowest BCUT2D eigenvalue weighted by atomic mass is 9.85. The Kier molecular flexibility index (Phi) is 5.08. The summed E-state index contributed by atoms with van der Waals surface area (Å²) in [6, 6.07) is 9.87. The van der Waals surface area contributed by atoms with Crippen molar-refractivity contribution in [3.8, 4) is 5.69 Å². The van der Waals surface area contributed by atoms with E-state index in [9.17, 15) is 4.79 Å². The average Bonchev–Trinajstić information content (AvgIpc) is 3.04. The van der Waals surface area contributed by atoms with E-state index in [0.29, 0.717) is 18.3 Å². The Balaban J connectivity index is 1.55. The number of carbonyl (C=O) groups excluding carboxylic acids is 1. The molecule has 1 aromatic heterocycles. The molecule has 1 aromatic carbocycles. The monoisotopic (exact) mass is 312 g/mol. The maximum Gasteiger partial charge on any atom is 0.224 e. The Labute approximate surface area is 137 Å². The van der Waals surface area contributed by atoms with Crippen LogP contribution in [0, 0.1) is 11.8 Å². The summed E-state index contributed by atoms with van der Waals surface area (Å²) in [6.45, 7) is 4.30. The van der Waals surface area contributed by atoms with Gasteiger partial charge >= 0.3 is 0 Å². The molecule has 2 heterocycles. The van der Waals surface area contributed by atoms with Gasteiger partial charge in [-0.05, 0) is 49.9 Å². The third kappa shape index (κ3) is 4.20. The second-order valence-electron chi connectivity index (χ2n) is 6.35. The Morgan fingerprint density at radius 2 is 2.26 bits per heavy atom. The fourth-order valence-corrected chi connectivity index (χ4v) is 3.14. The van der Waals surface area contributed by atoms with Crippen LogP contribution < -0.4 is 10.6 Å². The molecule has 0 radical (unpaired) electrons. The minimum Gasteiger partial charge on any atom is -0.323 e. The summed E-state index contributed by atoms with van der Waals surface area (Å²) in [5.41, 5.74) is 1.72. The number of hydrogen-bond acceptors (Lipinski definition) is 3.